The largest absolute Gasteiger partial charge is 0.297 e. The molecule has 1 atom stereocenters. The first-order valence-electron chi connectivity index (χ1n) is 12.0. The van der Waals surface area contributed by atoms with Gasteiger partial charge in [-0.2, -0.15) is 5.26 Å². The summed E-state index contributed by atoms with van der Waals surface area (Å²) in [6.45, 7) is 0. The number of carbonyl (C=O) groups is 2. The second-order valence-corrected chi connectivity index (χ2v) is 12.2. The lowest BCUT2D eigenvalue weighted by molar-refractivity contribution is -0.117. The van der Waals surface area contributed by atoms with E-state index in [2.05, 4.69) is 10.3 Å². The van der Waals surface area contributed by atoms with E-state index in [1.807, 2.05) is 30.3 Å². The van der Waals surface area contributed by atoms with Crippen molar-refractivity contribution in [2.75, 3.05) is 10.2 Å². The highest BCUT2D eigenvalue weighted by molar-refractivity contribution is 8.05. The number of nitrogens with one attached hydrogen (secondary N) is 1. The molecule has 11 heteroatoms. The number of para-hydroxylation sites is 1. The maximum absolute atomic E-state index is 13.7. The molecule has 0 radical (unpaired) electrons. The number of amides is 2. The molecular formula is C29H19Cl3N4O2S2. The van der Waals surface area contributed by atoms with Gasteiger partial charge < -0.3 is 0 Å². The summed E-state index contributed by atoms with van der Waals surface area (Å²) in [6, 6.07) is 23.7. The minimum Gasteiger partial charge on any atom is -0.297 e. The second kappa shape index (κ2) is 12.5. The Morgan fingerprint density at radius 2 is 1.82 bits per heavy atom. The summed E-state index contributed by atoms with van der Waals surface area (Å²) in [5, 5.41) is 14.2. The first-order valence-corrected chi connectivity index (χ1v) is 14.8. The predicted octanol–water partition coefficient (Wildman–Crippen LogP) is 7.76. The molecule has 3 aromatic carbocycles. The highest BCUT2D eigenvalue weighted by Gasteiger charge is 2.41. The minimum absolute atomic E-state index is 0.187. The molecule has 6 nitrogen and oxygen atoms in total. The molecule has 200 valence electrons. The second-order valence-electron chi connectivity index (χ2n) is 8.72. The van der Waals surface area contributed by atoms with E-state index in [1.165, 1.54) is 16.2 Å². The molecule has 1 aliphatic rings. The molecule has 0 aliphatic carbocycles. The number of nitriles is 1. The highest BCUT2D eigenvalue weighted by Crippen LogP contribution is 2.43. The molecule has 0 saturated carbocycles. The van der Waals surface area contributed by atoms with Gasteiger partial charge in [-0.05, 0) is 47.9 Å². The van der Waals surface area contributed by atoms with Crippen LogP contribution >= 0.6 is 57.9 Å². The smallest absolute Gasteiger partial charge is 0.270 e. The summed E-state index contributed by atoms with van der Waals surface area (Å²) in [4.78, 5) is 33.6. The number of hydrogen-bond acceptors (Lipinski definition) is 6. The SMILES string of the molecule is N#C/C(C(=O)Nc1ncc(Cc2cccc(Cl)c2)s1)=C1/SC(Cc2cccc(Cl)c2Cl)C(=O)N1c1ccccc1. The molecule has 1 N–H and O–H groups in total. The highest BCUT2D eigenvalue weighted by atomic mass is 35.5. The fourth-order valence-electron chi connectivity index (χ4n) is 4.16. The van der Waals surface area contributed by atoms with Gasteiger partial charge in [-0.15, -0.1) is 11.3 Å². The minimum atomic E-state index is -0.649. The molecule has 1 fully saturated rings. The Morgan fingerprint density at radius 1 is 1.05 bits per heavy atom. The Morgan fingerprint density at radius 3 is 2.58 bits per heavy atom. The van der Waals surface area contributed by atoms with E-state index in [-0.39, 0.29) is 22.9 Å². The fourth-order valence-corrected chi connectivity index (χ4v) is 6.91. The number of anilines is 2. The summed E-state index contributed by atoms with van der Waals surface area (Å²) in [6.07, 6.45) is 2.55. The lowest BCUT2D eigenvalue weighted by Crippen LogP contribution is -2.30. The maximum atomic E-state index is 13.7. The molecule has 1 aliphatic heterocycles. The monoisotopic (exact) mass is 624 g/mol. The van der Waals surface area contributed by atoms with Gasteiger partial charge in [0.1, 0.15) is 16.7 Å². The van der Waals surface area contributed by atoms with E-state index in [0.717, 1.165) is 22.2 Å². The van der Waals surface area contributed by atoms with Crippen LogP contribution < -0.4 is 10.2 Å². The molecule has 1 saturated heterocycles. The lowest BCUT2D eigenvalue weighted by Gasteiger charge is -2.18. The van der Waals surface area contributed by atoms with Crippen molar-refractivity contribution in [1.82, 2.24) is 4.98 Å². The Balaban J connectivity index is 1.43. The third-order valence-electron chi connectivity index (χ3n) is 6.00. The number of halogens is 3. The van der Waals surface area contributed by atoms with Crippen LogP contribution in [-0.2, 0) is 22.4 Å². The zero-order valence-corrected chi connectivity index (χ0v) is 24.5. The summed E-state index contributed by atoms with van der Waals surface area (Å²) in [7, 11) is 0. The summed E-state index contributed by atoms with van der Waals surface area (Å²) >= 11 is 21.1. The van der Waals surface area contributed by atoms with Crippen LogP contribution in [0.4, 0.5) is 10.8 Å². The van der Waals surface area contributed by atoms with Gasteiger partial charge in [0.25, 0.3) is 5.91 Å². The van der Waals surface area contributed by atoms with Crippen LogP contribution in [0.2, 0.25) is 15.1 Å². The van der Waals surface area contributed by atoms with E-state index < -0.39 is 11.2 Å². The van der Waals surface area contributed by atoms with Crippen LogP contribution in [-0.4, -0.2) is 22.0 Å². The van der Waals surface area contributed by atoms with Gasteiger partial charge in [-0.25, -0.2) is 4.98 Å². The predicted molar refractivity (Wildman–Crippen MR) is 163 cm³/mol. The number of thioether (sulfide) groups is 1. The number of nitrogens with zero attached hydrogens (tertiary/aromatic N) is 3. The molecule has 4 aromatic rings. The molecule has 5 rings (SSSR count). The number of rotatable bonds is 7. The van der Waals surface area contributed by atoms with E-state index in [1.54, 1.807) is 54.7 Å². The van der Waals surface area contributed by atoms with Crippen molar-refractivity contribution in [3.05, 3.63) is 121 Å². The van der Waals surface area contributed by atoms with Crippen LogP contribution in [0.5, 0.6) is 0 Å². The first-order chi connectivity index (χ1) is 19.3. The molecule has 2 heterocycles. The number of benzene rings is 3. The van der Waals surface area contributed by atoms with Crippen molar-refractivity contribution in [3.8, 4) is 6.07 Å². The normalized spacial score (nSPS) is 16.1. The Labute approximate surface area is 254 Å². The molecule has 2 amide bonds. The number of aromatic nitrogens is 1. The maximum Gasteiger partial charge on any atom is 0.270 e. The number of hydrogen-bond donors (Lipinski definition) is 1. The van der Waals surface area contributed by atoms with Crippen LogP contribution in [0.25, 0.3) is 0 Å². The van der Waals surface area contributed by atoms with Crippen molar-refractivity contribution in [3.63, 3.8) is 0 Å². The van der Waals surface area contributed by atoms with E-state index in [0.29, 0.717) is 37.9 Å². The van der Waals surface area contributed by atoms with Gasteiger partial charge in [0, 0.05) is 28.2 Å². The third kappa shape index (κ3) is 6.20. The van der Waals surface area contributed by atoms with Crippen molar-refractivity contribution in [2.45, 2.75) is 18.1 Å². The van der Waals surface area contributed by atoms with Crippen molar-refractivity contribution >= 4 is 80.5 Å². The first kappa shape index (κ1) is 28.2. The van der Waals surface area contributed by atoms with Crippen LogP contribution in [0.1, 0.15) is 16.0 Å². The standard InChI is InChI=1S/C29H19Cl3N4O2S2/c30-19-8-4-6-17(12-19)13-21-16-34-29(39-21)35-26(37)22(15-33)28-36(20-9-2-1-3-10-20)27(38)24(40-28)14-18-7-5-11-23(31)25(18)32/h1-12,16,24H,13-14H2,(H,34,35,37)/b28-22-. The van der Waals surface area contributed by atoms with Crippen molar-refractivity contribution in [2.24, 2.45) is 0 Å². The Hall–Kier alpha value is -3.32. The average molecular weight is 626 g/mol. The van der Waals surface area contributed by atoms with Crippen LogP contribution in [0.15, 0.2) is 89.6 Å². The molecule has 0 bridgehead atoms. The van der Waals surface area contributed by atoms with Gasteiger partial charge >= 0.3 is 0 Å². The summed E-state index contributed by atoms with van der Waals surface area (Å²) < 4.78 is 0. The molecule has 1 aromatic heterocycles. The fraction of sp³-hybridized carbons (Fsp3) is 0.103. The van der Waals surface area contributed by atoms with Gasteiger partial charge in [-0.1, -0.05) is 89.0 Å². The van der Waals surface area contributed by atoms with Crippen molar-refractivity contribution < 1.29 is 9.59 Å². The molecular weight excluding hydrogens is 607 g/mol. The molecule has 0 spiro atoms. The van der Waals surface area contributed by atoms with E-state index in [4.69, 9.17) is 34.8 Å². The topological polar surface area (TPSA) is 86.1 Å². The van der Waals surface area contributed by atoms with Crippen molar-refractivity contribution in [1.29, 1.82) is 5.26 Å². The van der Waals surface area contributed by atoms with Gasteiger partial charge in [0.2, 0.25) is 5.91 Å². The quantitative estimate of drug-likeness (QED) is 0.168. The number of carbonyl (C=O) groups excluding carboxylic acids is 2. The Bertz CT molecular complexity index is 1670. The zero-order chi connectivity index (χ0) is 28.2. The zero-order valence-electron chi connectivity index (χ0n) is 20.6. The Kier molecular flexibility index (Phi) is 8.79. The van der Waals surface area contributed by atoms with Crippen LogP contribution in [0.3, 0.4) is 0 Å². The van der Waals surface area contributed by atoms with E-state index in [9.17, 15) is 14.9 Å². The lowest BCUT2D eigenvalue weighted by atomic mass is 10.1. The summed E-state index contributed by atoms with van der Waals surface area (Å²) in [5.41, 5.74) is 2.08. The summed E-state index contributed by atoms with van der Waals surface area (Å²) in [5.74, 6) is -0.912. The van der Waals surface area contributed by atoms with Gasteiger partial charge in [0.05, 0.1) is 15.3 Å². The van der Waals surface area contributed by atoms with Gasteiger partial charge in [-0.3, -0.25) is 19.8 Å². The average Bonchev–Trinajstić information content (AvgIpc) is 3.51. The molecule has 1 unspecified atom stereocenters. The third-order valence-corrected chi connectivity index (χ3v) is 9.27. The van der Waals surface area contributed by atoms with E-state index >= 15 is 0 Å². The van der Waals surface area contributed by atoms with Gasteiger partial charge in [0.15, 0.2) is 5.13 Å². The van der Waals surface area contributed by atoms with Crippen LogP contribution in [0, 0.1) is 11.3 Å². The number of thiazole rings is 1. The molecule has 40 heavy (non-hydrogen) atoms.